The molecule has 0 bridgehead atoms. The van der Waals surface area contributed by atoms with Gasteiger partial charge in [-0.05, 0) is 25.2 Å². The van der Waals surface area contributed by atoms with Gasteiger partial charge in [-0.25, -0.2) is 27.7 Å². The monoisotopic (exact) mass is 321 g/mol. The zero-order chi connectivity index (χ0) is 15.6. The Balaban J connectivity index is 1.72. The van der Waals surface area contributed by atoms with Crippen LogP contribution in [0.5, 0.6) is 0 Å². The first-order valence-corrected chi connectivity index (χ1v) is 9.11. The number of sulfonamides is 1. The Morgan fingerprint density at radius 3 is 2.95 bits per heavy atom. The van der Waals surface area contributed by atoms with Crippen molar-refractivity contribution in [3.63, 3.8) is 0 Å². The predicted molar refractivity (Wildman–Crippen MR) is 82.0 cm³/mol. The normalized spacial score (nSPS) is 20.1. The van der Waals surface area contributed by atoms with Gasteiger partial charge < -0.3 is 0 Å². The smallest absolute Gasteiger partial charge is 0.211 e. The van der Waals surface area contributed by atoms with Crippen molar-refractivity contribution in [2.75, 3.05) is 19.3 Å². The van der Waals surface area contributed by atoms with E-state index in [1.165, 1.54) is 6.26 Å². The molecule has 3 rings (SSSR count). The van der Waals surface area contributed by atoms with Crippen LogP contribution >= 0.6 is 0 Å². The molecule has 118 valence electrons. The van der Waals surface area contributed by atoms with Crippen LogP contribution in [0.1, 0.15) is 18.5 Å². The standard InChI is InChI=1S/C14H19N5O2S/c1-22(20,21)19-5-2-3-12(9-19)7-13-8-14(17-10-16-13)18-6-4-15-11-18/h4,6,8,10-12H,2-3,5,7,9H2,1H3/t12-/m1/s1. The first-order valence-electron chi connectivity index (χ1n) is 7.27. The molecule has 0 N–H and O–H groups in total. The molecule has 7 nitrogen and oxygen atoms in total. The van der Waals surface area contributed by atoms with E-state index in [0.29, 0.717) is 19.0 Å². The second-order valence-corrected chi connectivity index (χ2v) is 7.65. The van der Waals surface area contributed by atoms with Crippen LogP contribution in [0.3, 0.4) is 0 Å². The molecule has 1 atom stereocenters. The Labute approximate surface area is 130 Å². The number of nitrogens with zero attached hydrogens (tertiary/aromatic N) is 5. The molecule has 1 fully saturated rings. The van der Waals surface area contributed by atoms with E-state index in [1.807, 2.05) is 16.8 Å². The molecular weight excluding hydrogens is 302 g/mol. The minimum absolute atomic E-state index is 0.300. The molecule has 0 aliphatic carbocycles. The predicted octanol–water partition coefficient (Wildman–Crippen LogP) is 0.876. The quantitative estimate of drug-likeness (QED) is 0.835. The van der Waals surface area contributed by atoms with Crippen LogP contribution in [0.25, 0.3) is 5.82 Å². The zero-order valence-electron chi connectivity index (χ0n) is 12.5. The van der Waals surface area contributed by atoms with Gasteiger partial charge in [0.15, 0.2) is 0 Å². The minimum atomic E-state index is -3.11. The summed E-state index contributed by atoms with van der Waals surface area (Å²) in [6.45, 7) is 1.20. The van der Waals surface area contributed by atoms with Gasteiger partial charge in [0.05, 0.1) is 6.26 Å². The number of imidazole rings is 1. The summed E-state index contributed by atoms with van der Waals surface area (Å²) < 4.78 is 26.8. The lowest BCUT2D eigenvalue weighted by molar-refractivity contribution is 0.265. The van der Waals surface area contributed by atoms with Crippen molar-refractivity contribution in [1.29, 1.82) is 0 Å². The van der Waals surface area contributed by atoms with E-state index in [2.05, 4.69) is 15.0 Å². The molecule has 22 heavy (non-hydrogen) atoms. The Morgan fingerprint density at radius 2 is 2.23 bits per heavy atom. The summed E-state index contributed by atoms with van der Waals surface area (Å²) in [5, 5.41) is 0. The molecule has 1 aliphatic rings. The van der Waals surface area contributed by atoms with Crippen molar-refractivity contribution in [1.82, 2.24) is 23.8 Å². The molecule has 0 spiro atoms. The van der Waals surface area contributed by atoms with Crippen LogP contribution in [0.15, 0.2) is 31.1 Å². The summed E-state index contributed by atoms with van der Waals surface area (Å²) in [6, 6.07) is 1.93. The van der Waals surface area contributed by atoms with Gasteiger partial charge in [-0.3, -0.25) is 4.57 Å². The van der Waals surface area contributed by atoms with Gasteiger partial charge >= 0.3 is 0 Å². The average molecular weight is 321 g/mol. The van der Waals surface area contributed by atoms with Crippen molar-refractivity contribution in [2.24, 2.45) is 5.92 Å². The van der Waals surface area contributed by atoms with Gasteiger partial charge in [0.1, 0.15) is 18.5 Å². The Hall–Kier alpha value is -1.80. The summed E-state index contributed by atoms with van der Waals surface area (Å²) in [7, 11) is -3.11. The SMILES string of the molecule is CS(=O)(=O)N1CCC[C@H](Cc2cc(-n3ccnc3)ncn2)C1. The van der Waals surface area contributed by atoms with Gasteiger partial charge in [-0.15, -0.1) is 0 Å². The summed E-state index contributed by atoms with van der Waals surface area (Å²) >= 11 is 0. The van der Waals surface area contributed by atoms with Gasteiger partial charge in [0, 0.05) is 37.2 Å². The van der Waals surface area contributed by atoms with E-state index in [4.69, 9.17) is 0 Å². The van der Waals surface area contributed by atoms with E-state index >= 15 is 0 Å². The molecule has 0 amide bonds. The summed E-state index contributed by atoms with van der Waals surface area (Å²) in [5.74, 6) is 1.08. The maximum Gasteiger partial charge on any atom is 0.211 e. The van der Waals surface area contributed by atoms with E-state index in [9.17, 15) is 8.42 Å². The maximum atomic E-state index is 11.7. The second-order valence-electron chi connectivity index (χ2n) is 5.67. The first-order chi connectivity index (χ1) is 10.5. The molecule has 0 aromatic carbocycles. The highest BCUT2D eigenvalue weighted by Crippen LogP contribution is 2.22. The van der Waals surface area contributed by atoms with Crippen LogP contribution in [0.2, 0.25) is 0 Å². The third-order valence-electron chi connectivity index (χ3n) is 3.93. The molecule has 0 radical (unpaired) electrons. The van der Waals surface area contributed by atoms with Crippen molar-refractivity contribution < 1.29 is 8.42 Å². The van der Waals surface area contributed by atoms with Gasteiger partial charge in [-0.2, -0.15) is 0 Å². The van der Waals surface area contributed by atoms with Crippen LogP contribution < -0.4 is 0 Å². The molecule has 0 unspecified atom stereocenters. The van der Waals surface area contributed by atoms with Gasteiger partial charge in [0.2, 0.25) is 10.0 Å². The second kappa shape index (κ2) is 6.13. The highest BCUT2D eigenvalue weighted by molar-refractivity contribution is 7.88. The molecular formula is C14H19N5O2S. The zero-order valence-corrected chi connectivity index (χ0v) is 13.3. The van der Waals surface area contributed by atoms with Crippen molar-refractivity contribution in [3.8, 4) is 5.82 Å². The molecule has 2 aromatic rings. The molecule has 8 heteroatoms. The molecule has 3 heterocycles. The Kier molecular flexibility index (Phi) is 4.21. The van der Waals surface area contributed by atoms with Crippen molar-refractivity contribution in [3.05, 3.63) is 36.8 Å². The maximum absolute atomic E-state index is 11.7. The number of rotatable bonds is 4. The Morgan fingerprint density at radius 1 is 1.36 bits per heavy atom. The highest BCUT2D eigenvalue weighted by atomic mass is 32.2. The summed E-state index contributed by atoms with van der Waals surface area (Å²) in [4.78, 5) is 12.6. The summed E-state index contributed by atoms with van der Waals surface area (Å²) in [6.07, 6.45) is 10.7. The van der Waals surface area contributed by atoms with Crippen molar-refractivity contribution in [2.45, 2.75) is 19.3 Å². The van der Waals surface area contributed by atoms with Crippen LogP contribution in [0, 0.1) is 5.92 Å². The number of hydrogen-bond donors (Lipinski definition) is 0. The minimum Gasteiger partial charge on any atom is -0.290 e. The van der Waals surface area contributed by atoms with Gasteiger partial charge in [0.25, 0.3) is 0 Å². The van der Waals surface area contributed by atoms with E-state index in [1.54, 1.807) is 23.2 Å². The fraction of sp³-hybridized carbons (Fsp3) is 0.500. The number of hydrogen-bond acceptors (Lipinski definition) is 5. The molecule has 2 aromatic heterocycles. The van der Waals surface area contributed by atoms with Crippen LogP contribution in [-0.2, 0) is 16.4 Å². The largest absolute Gasteiger partial charge is 0.290 e. The number of aromatic nitrogens is 4. The van der Waals surface area contributed by atoms with Gasteiger partial charge in [-0.1, -0.05) is 0 Å². The van der Waals surface area contributed by atoms with E-state index in [0.717, 1.165) is 30.8 Å². The fourth-order valence-corrected chi connectivity index (χ4v) is 3.77. The molecule has 0 saturated carbocycles. The molecule has 1 aliphatic heterocycles. The van der Waals surface area contributed by atoms with E-state index in [-0.39, 0.29) is 0 Å². The lowest BCUT2D eigenvalue weighted by atomic mass is 9.94. The highest BCUT2D eigenvalue weighted by Gasteiger charge is 2.26. The first kappa shape index (κ1) is 15.1. The topological polar surface area (TPSA) is 81.0 Å². The lowest BCUT2D eigenvalue weighted by Gasteiger charge is -2.30. The third-order valence-corrected chi connectivity index (χ3v) is 5.20. The molecule has 1 saturated heterocycles. The van der Waals surface area contributed by atoms with Crippen LogP contribution in [0.4, 0.5) is 0 Å². The van der Waals surface area contributed by atoms with Crippen molar-refractivity contribution >= 4 is 10.0 Å². The number of piperidine rings is 1. The summed E-state index contributed by atoms with van der Waals surface area (Å²) in [5.41, 5.74) is 0.930. The third kappa shape index (κ3) is 3.50. The average Bonchev–Trinajstić information content (AvgIpc) is 3.01. The lowest BCUT2D eigenvalue weighted by Crippen LogP contribution is -2.39. The van der Waals surface area contributed by atoms with Crippen LogP contribution in [-0.4, -0.2) is 51.6 Å². The van der Waals surface area contributed by atoms with E-state index < -0.39 is 10.0 Å². The Bertz CT molecular complexity index is 729. The fourth-order valence-electron chi connectivity index (χ4n) is 2.82.